The lowest BCUT2D eigenvalue weighted by molar-refractivity contribution is -0.140. The number of aromatic hydroxyl groups is 2. The Morgan fingerprint density at radius 1 is 1.00 bits per heavy atom. The first kappa shape index (κ1) is 25.1. The Hall–Kier alpha value is -3.98. The molecule has 1 unspecified atom stereocenters. The maximum Gasteiger partial charge on any atom is 0.306 e. The molecule has 2 N–H and O–H groups in total. The molecular formula is C27H30N2O7. The molecule has 1 saturated heterocycles. The number of phenolic OH excluding ortho intramolecular Hbond substituents is 1. The first-order chi connectivity index (χ1) is 17.4. The van der Waals surface area contributed by atoms with Gasteiger partial charge in [-0.1, -0.05) is 12.1 Å². The first-order valence-electron chi connectivity index (χ1n) is 11.7. The average Bonchev–Trinajstić information content (AvgIpc) is 2.90. The van der Waals surface area contributed by atoms with Crippen molar-refractivity contribution in [2.75, 3.05) is 45.3 Å². The molecule has 2 aromatic carbocycles. The van der Waals surface area contributed by atoms with Gasteiger partial charge in [-0.25, -0.2) is 0 Å². The number of ether oxygens (including phenoxy) is 2. The van der Waals surface area contributed by atoms with Crippen molar-refractivity contribution in [3.63, 3.8) is 0 Å². The smallest absolute Gasteiger partial charge is 0.306 e. The van der Waals surface area contributed by atoms with Crippen molar-refractivity contribution in [2.45, 2.75) is 18.9 Å². The SMILES string of the molecule is COC(=O)CC(c1ccc(O)cc1)c1oc(CN2CCN(c3ccc(OC)cc3)CC2)cc(=O)c1O. The lowest BCUT2D eigenvalue weighted by Crippen LogP contribution is -2.46. The van der Waals surface area contributed by atoms with Crippen LogP contribution in [0.1, 0.15) is 29.4 Å². The molecule has 1 atom stereocenters. The van der Waals surface area contributed by atoms with Gasteiger partial charge in [0, 0.05) is 37.9 Å². The molecular weight excluding hydrogens is 464 g/mol. The van der Waals surface area contributed by atoms with Gasteiger partial charge in [0.05, 0.1) is 33.1 Å². The maximum atomic E-state index is 12.6. The van der Waals surface area contributed by atoms with Crippen LogP contribution in [0.4, 0.5) is 5.69 Å². The number of piperazine rings is 1. The van der Waals surface area contributed by atoms with Gasteiger partial charge in [-0.2, -0.15) is 0 Å². The van der Waals surface area contributed by atoms with Crippen molar-refractivity contribution in [2.24, 2.45) is 0 Å². The molecule has 9 nitrogen and oxygen atoms in total. The van der Waals surface area contributed by atoms with Gasteiger partial charge in [-0.15, -0.1) is 0 Å². The molecule has 0 radical (unpaired) electrons. The fraction of sp³-hybridized carbons (Fsp3) is 0.333. The Morgan fingerprint density at radius 2 is 1.67 bits per heavy atom. The number of phenols is 1. The molecule has 0 amide bonds. The predicted octanol–water partition coefficient (Wildman–Crippen LogP) is 3.08. The number of rotatable bonds is 8. The fourth-order valence-corrected chi connectivity index (χ4v) is 4.37. The molecule has 1 aliphatic heterocycles. The molecule has 3 aromatic rings. The van der Waals surface area contributed by atoms with E-state index in [2.05, 4.69) is 9.80 Å². The van der Waals surface area contributed by atoms with Crippen molar-refractivity contribution in [1.29, 1.82) is 0 Å². The Kier molecular flexibility index (Phi) is 7.80. The molecule has 1 aliphatic rings. The van der Waals surface area contributed by atoms with Crippen LogP contribution >= 0.6 is 0 Å². The van der Waals surface area contributed by atoms with Crippen molar-refractivity contribution in [3.8, 4) is 17.2 Å². The number of hydrogen-bond donors (Lipinski definition) is 2. The molecule has 1 fully saturated rings. The van der Waals surface area contributed by atoms with Gasteiger partial charge < -0.3 is 29.0 Å². The van der Waals surface area contributed by atoms with Gasteiger partial charge in [0.1, 0.15) is 17.3 Å². The van der Waals surface area contributed by atoms with Crippen LogP contribution in [0.25, 0.3) is 0 Å². The zero-order chi connectivity index (χ0) is 25.7. The number of benzene rings is 2. The lowest BCUT2D eigenvalue weighted by Gasteiger charge is -2.36. The Balaban J connectivity index is 1.52. The van der Waals surface area contributed by atoms with E-state index < -0.39 is 23.1 Å². The first-order valence-corrected chi connectivity index (χ1v) is 11.7. The molecule has 0 spiro atoms. The van der Waals surface area contributed by atoms with Crippen LogP contribution in [-0.2, 0) is 16.1 Å². The average molecular weight is 495 g/mol. The summed E-state index contributed by atoms with van der Waals surface area (Å²) in [4.78, 5) is 29.2. The number of hydrogen-bond acceptors (Lipinski definition) is 9. The van der Waals surface area contributed by atoms with Crippen LogP contribution in [-0.4, -0.2) is 61.5 Å². The molecule has 190 valence electrons. The van der Waals surface area contributed by atoms with Crippen molar-refractivity contribution < 1.29 is 28.9 Å². The van der Waals surface area contributed by atoms with Gasteiger partial charge in [0.2, 0.25) is 11.2 Å². The van der Waals surface area contributed by atoms with Gasteiger partial charge in [-0.05, 0) is 42.0 Å². The van der Waals surface area contributed by atoms with E-state index in [0.717, 1.165) is 37.6 Å². The summed E-state index contributed by atoms with van der Waals surface area (Å²) in [6.45, 7) is 3.52. The van der Waals surface area contributed by atoms with E-state index in [4.69, 9.17) is 13.9 Å². The number of carbonyl (C=O) groups is 1. The minimum Gasteiger partial charge on any atom is -0.508 e. The highest BCUT2D eigenvalue weighted by atomic mass is 16.5. The van der Waals surface area contributed by atoms with Crippen LogP contribution in [0.15, 0.2) is 63.8 Å². The van der Waals surface area contributed by atoms with Crippen LogP contribution in [0.2, 0.25) is 0 Å². The third-order valence-electron chi connectivity index (χ3n) is 6.40. The number of esters is 1. The van der Waals surface area contributed by atoms with Crippen LogP contribution in [0.3, 0.4) is 0 Å². The normalized spacial score (nSPS) is 14.9. The number of carbonyl (C=O) groups excluding carboxylic acids is 1. The summed E-state index contributed by atoms with van der Waals surface area (Å²) in [7, 11) is 2.91. The van der Waals surface area contributed by atoms with Gasteiger partial charge in [-0.3, -0.25) is 14.5 Å². The molecule has 1 aromatic heterocycles. The summed E-state index contributed by atoms with van der Waals surface area (Å²) in [5, 5.41) is 20.2. The Bertz CT molecular complexity index is 1230. The second-order valence-corrected chi connectivity index (χ2v) is 8.68. The number of methoxy groups -OCH3 is 2. The molecule has 4 rings (SSSR count). The van der Waals surface area contributed by atoms with Crippen molar-refractivity contribution in [3.05, 3.63) is 81.9 Å². The largest absolute Gasteiger partial charge is 0.508 e. The quantitative estimate of drug-likeness (QED) is 0.456. The monoisotopic (exact) mass is 494 g/mol. The zero-order valence-corrected chi connectivity index (χ0v) is 20.3. The molecule has 0 aliphatic carbocycles. The molecule has 0 bridgehead atoms. The minimum atomic E-state index is -0.752. The standard InChI is InChI=1S/C27H30N2O7/c1-34-21-9-5-19(6-10-21)29-13-11-28(12-14-29)17-22-15-24(31)26(33)27(36-22)23(16-25(32)35-2)18-3-7-20(30)8-4-18/h3-10,15,23,30,33H,11-14,16-17H2,1-2H3. The maximum absolute atomic E-state index is 12.6. The summed E-state index contributed by atoms with van der Waals surface area (Å²) < 4.78 is 16.1. The molecule has 2 heterocycles. The fourth-order valence-electron chi connectivity index (χ4n) is 4.37. The summed E-state index contributed by atoms with van der Waals surface area (Å²) >= 11 is 0. The van der Waals surface area contributed by atoms with Gasteiger partial charge in [0.25, 0.3) is 0 Å². The second kappa shape index (κ2) is 11.2. The van der Waals surface area contributed by atoms with Gasteiger partial charge >= 0.3 is 5.97 Å². The molecule has 36 heavy (non-hydrogen) atoms. The van der Waals surface area contributed by atoms with Crippen molar-refractivity contribution >= 4 is 11.7 Å². The minimum absolute atomic E-state index is 0.00505. The topological polar surface area (TPSA) is 113 Å². The Morgan fingerprint density at radius 3 is 2.28 bits per heavy atom. The predicted molar refractivity (Wildman–Crippen MR) is 134 cm³/mol. The van der Waals surface area contributed by atoms with E-state index in [9.17, 15) is 19.8 Å². The van der Waals surface area contributed by atoms with Crippen LogP contribution < -0.4 is 15.1 Å². The number of anilines is 1. The highest BCUT2D eigenvalue weighted by Gasteiger charge is 2.27. The van der Waals surface area contributed by atoms with E-state index >= 15 is 0 Å². The van der Waals surface area contributed by atoms with Crippen molar-refractivity contribution in [1.82, 2.24) is 4.90 Å². The molecule has 9 heteroatoms. The highest BCUT2D eigenvalue weighted by Crippen LogP contribution is 2.34. The van der Waals surface area contributed by atoms with E-state index in [-0.39, 0.29) is 17.9 Å². The van der Waals surface area contributed by atoms with E-state index in [1.807, 2.05) is 24.3 Å². The number of nitrogens with zero attached hydrogens (tertiary/aromatic N) is 2. The zero-order valence-electron chi connectivity index (χ0n) is 20.3. The summed E-state index contributed by atoms with van der Waals surface area (Å²) in [6, 6.07) is 15.4. The van der Waals surface area contributed by atoms with E-state index in [1.165, 1.54) is 25.3 Å². The van der Waals surface area contributed by atoms with E-state index in [0.29, 0.717) is 17.9 Å². The summed E-state index contributed by atoms with van der Waals surface area (Å²) in [5.41, 5.74) is 1.15. The second-order valence-electron chi connectivity index (χ2n) is 8.68. The Labute approximate surface area is 209 Å². The van der Waals surface area contributed by atoms with E-state index in [1.54, 1.807) is 19.2 Å². The molecule has 0 saturated carbocycles. The summed E-state index contributed by atoms with van der Waals surface area (Å²) in [6.07, 6.45) is -0.137. The van der Waals surface area contributed by atoms with Gasteiger partial charge in [0.15, 0.2) is 5.76 Å². The van der Waals surface area contributed by atoms with Crippen LogP contribution in [0, 0.1) is 0 Å². The summed E-state index contributed by atoms with van der Waals surface area (Å²) in [5.74, 6) is -0.528. The lowest BCUT2D eigenvalue weighted by atomic mass is 9.92. The highest BCUT2D eigenvalue weighted by molar-refractivity contribution is 5.71. The third-order valence-corrected chi connectivity index (χ3v) is 6.40. The third kappa shape index (κ3) is 5.80. The van der Waals surface area contributed by atoms with Crippen LogP contribution in [0.5, 0.6) is 17.2 Å².